The highest BCUT2D eigenvalue weighted by atomic mass is 19.2. The number of fused-ring (bicyclic) bond motifs is 1. The van der Waals surface area contributed by atoms with E-state index in [1.54, 1.807) is 4.90 Å². The Labute approximate surface area is 114 Å². The van der Waals surface area contributed by atoms with Gasteiger partial charge in [-0.3, -0.25) is 4.79 Å². The summed E-state index contributed by atoms with van der Waals surface area (Å²) in [5.74, 6) is -2.08. The topological polar surface area (TPSA) is 61.0 Å². The van der Waals surface area contributed by atoms with E-state index in [0.29, 0.717) is 18.6 Å². The highest BCUT2D eigenvalue weighted by Crippen LogP contribution is 2.17. The van der Waals surface area contributed by atoms with Gasteiger partial charge in [-0.2, -0.15) is 0 Å². The number of benzene rings is 1. The second-order valence-corrected chi connectivity index (χ2v) is 4.98. The van der Waals surface area contributed by atoms with Gasteiger partial charge in [-0.05, 0) is 6.92 Å². The minimum absolute atomic E-state index is 0.110. The van der Waals surface area contributed by atoms with Crippen molar-refractivity contribution in [1.82, 2.24) is 20.2 Å². The van der Waals surface area contributed by atoms with Crippen LogP contribution in [0.4, 0.5) is 8.78 Å². The van der Waals surface area contributed by atoms with Crippen molar-refractivity contribution in [2.45, 2.75) is 13.0 Å². The summed E-state index contributed by atoms with van der Waals surface area (Å²) in [6.45, 7) is 3.88. The quantitative estimate of drug-likeness (QED) is 0.827. The van der Waals surface area contributed by atoms with Gasteiger partial charge in [-0.1, -0.05) is 0 Å². The number of rotatable bonds is 1. The maximum absolute atomic E-state index is 13.1. The molecular formula is C13H14F2N4O. The van der Waals surface area contributed by atoms with Gasteiger partial charge in [0.05, 0.1) is 11.0 Å². The van der Waals surface area contributed by atoms with Gasteiger partial charge < -0.3 is 15.2 Å². The Balaban J connectivity index is 1.91. The summed E-state index contributed by atoms with van der Waals surface area (Å²) in [6, 6.07) is 2.21. The summed E-state index contributed by atoms with van der Waals surface area (Å²) in [6.07, 6.45) is 0. The number of aromatic nitrogens is 2. The number of hydrogen-bond donors (Lipinski definition) is 2. The summed E-state index contributed by atoms with van der Waals surface area (Å²) < 4.78 is 26.3. The van der Waals surface area contributed by atoms with Gasteiger partial charge >= 0.3 is 0 Å². The molecule has 5 nitrogen and oxygen atoms in total. The van der Waals surface area contributed by atoms with Crippen LogP contribution in [0.2, 0.25) is 0 Å². The average molecular weight is 280 g/mol. The molecule has 1 amide bonds. The van der Waals surface area contributed by atoms with Crippen LogP contribution in [0.15, 0.2) is 12.1 Å². The summed E-state index contributed by atoms with van der Waals surface area (Å²) >= 11 is 0. The highest BCUT2D eigenvalue weighted by molar-refractivity contribution is 5.94. The first-order valence-electron chi connectivity index (χ1n) is 6.42. The molecule has 3 rings (SSSR count). The maximum Gasteiger partial charge on any atom is 0.289 e. The number of piperazine rings is 1. The number of hydrogen-bond acceptors (Lipinski definition) is 3. The molecule has 1 atom stereocenters. The molecule has 0 bridgehead atoms. The standard InChI is InChI=1S/C13H14F2N4O/c1-7-6-19(3-2-16-7)13(20)12-17-10-4-8(14)9(15)5-11(10)18-12/h4-5,7,16H,2-3,6H2,1H3,(H,17,18). The van der Waals surface area contributed by atoms with Crippen LogP contribution in [0.1, 0.15) is 17.5 Å². The normalized spacial score (nSPS) is 19.6. The molecule has 20 heavy (non-hydrogen) atoms. The number of halogens is 2. The molecule has 1 aromatic carbocycles. The molecule has 106 valence electrons. The molecule has 1 saturated heterocycles. The SMILES string of the molecule is CC1CN(C(=O)c2nc3cc(F)c(F)cc3[nH]2)CCN1. The number of nitrogens with one attached hydrogen (secondary N) is 2. The van der Waals surface area contributed by atoms with E-state index in [9.17, 15) is 13.6 Å². The van der Waals surface area contributed by atoms with Crippen molar-refractivity contribution in [2.75, 3.05) is 19.6 Å². The first-order valence-corrected chi connectivity index (χ1v) is 6.42. The molecule has 7 heteroatoms. The fourth-order valence-electron chi connectivity index (χ4n) is 2.37. The largest absolute Gasteiger partial charge is 0.334 e. The summed E-state index contributed by atoms with van der Waals surface area (Å²) in [5, 5.41) is 3.24. The van der Waals surface area contributed by atoms with Crippen molar-refractivity contribution >= 4 is 16.9 Å². The van der Waals surface area contributed by atoms with Crippen LogP contribution in [0, 0.1) is 11.6 Å². The Morgan fingerprint density at radius 1 is 1.40 bits per heavy atom. The molecule has 2 aromatic rings. The minimum Gasteiger partial charge on any atom is -0.334 e. The van der Waals surface area contributed by atoms with E-state index < -0.39 is 11.6 Å². The van der Waals surface area contributed by atoms with Gasteiger partial charge in [0.2, 0.25) is 0 Å². The molecule has 1 aromatic heterocycles. The number of imidazole rings is 1. The van der Waals surface area contributed by atoms with Crippen LogP contribution in [0.25, 0.3) is 11.0 Å². The fraction of sp³-hybridized carbons (Fsp3) is 0.385. The second kappa shape index (κ2) is 4.82. The third kappa shape index (κ3) is 2.24. The first-order chi connectivity index (χ1) is 9.54. The van der Waals surface area contributed by atoms with E-state index >= 15 is 0 Å². The first kappa shape index (κ1) is 13.0. The zero-order valence-corrected chi connectivity index (χ0v) is 10.9. The molecule has 2 heterocycles. The number of aromatic amines is 1. The summed E-state index contributed by atoms with van der Waals surface area (Å²) in [4.78, 5) is 20.8. The van der Waals surface area contributed by atoms with Crippen molar-refractivity contribution in [3.05, 3.63) is 29.6 Å². The van der Waals surface area contributed by atoms with Gasteiger partial charge in [-0.15, -0.1) is 0 Å². The Morgan fingerprint density at radius 2 is 2.15 bits per heavy atom. The zero-order chi connectivity index (χ0) is 14.3. The molecule has 0 spiro atoms. The lowest BCUT2D eigenvalue weighted by atomic mass is 10.2. The fourth-order valence-corrected chi connectivity index (χ4v) is 2.37. The highest BCUT2D eigenvalue weighted by Gasteiger charge is 2.24. The van der Waals surface area contributed by atoms with E-state index in [1.807, 2.05) is 6.92 Å². The molecule has 0 aliphatic carbocycles. The number of carbonyl (C=O) groups excluding carboxylic acids is 1. The summed E-state index contributed by atoms with van der Waals surface area (Å²) in [7, 11) is 0. The number of H-pyrrole nitrogens is 1. The van der Waals surface area contributed by atoms with Crippen LogP contribution in [-0.4, -0.2) is 46.5 Å². The summed E-state index contributed by atoms with van der Waals surface area (Å²) in [5.41, 5.74) is 0.561. The molecule has 2 N–H and O–H groups in total. The lowest BCUT2D eigenvalue weighted by molar-refractivity contribution is 0.0698. The van der Waals surface area contributed by atoms with E-state index in [1.165, 1.54) is 0 Å². The van der Waals surface area contributed by atoms with Crippen LogP contribution >= 0.6 is 0 Å². The minimum atomic E-state index is -0.973. The molecule has 1 aliphatic heterocycles. The Kier molecular flexibility index (Phi) is 3.13. The van der Waals surface area contributed by atoms with Gasteiger partial charge in [0, 0.05) is 37.8 Å². The van der Waals surface area contributed by atoms with Gasteiger partial charge in [0.1, 0.15) is 0 Å². The zero-order valence-electron chi connectivity index (χ0n) is 10.9. The monoisotopic (exact) mass is 280 g/mol. The predicted molar refractivity (Wildman–Crippen MR) is 69.4 cm³/mol. The van der Waals surface area contributed by atoms with Crippen LogP contribution in [0.3, 0.4) is 0 Å². The van der Waals surface area contributed by atoms with Gasteiger partial charge in [0.15, 0.2) is 17.5 Å². The van der Waals surface area contributed by atoms with E-state index in [4.69, 9.17) is 0 Å². The second-order valence-electron chi connectivity index (χ2n) is 4.98. The van der Waals surface area contributed by atoms with Crippen molar-refractivity contribution in [1.29, 1.82) is 0 Å². The van der Waals surface area contributed by atoms with E-state index in [-0.39, 0.29) is 23.3 Å². The van der Waals surface area contributed by atoms with Crippen molar-refractivity contribution in [3.63, 3.8) is 0 Å². The van der Waals surface area contributed by atoms with Crippen LogP contribution in [-0.2, 0) is 0 Å². The molecule has 1 aliphatic rings. The van der Waals surface area contributed by atoms with Gasteiger partial charge in [0.25, 0.3) is 5.91 Å². The number of carbonyl (C=O) groups is 1. The number of amides is 1. The van der Waals surface area contributed by atoms with Crippen LogP contribution in [0.5, 0.6) is 0 Å². The Bertz CT molecular complexity index is 631. The molecule has 1 fully saturated rings. The Hall–Kier alpha value is -2.02. The average Bonchev–Trinajstić information content (AvgIpc) is 2.81. The lowest BCUT2D eigenvalue weighted by Crippen LogP contribution is -2.51. The van der Waals surface area contributed by atoms with Crippen molar-refractivity contribution in [3.8, 4) is 0 Å². The third-order valence-corrected chi connectivity index (χ3v) is 3.38. The van der Waals surface area contributed by atoms with E-state index in [2.05, 4.69) is 15.3 Å². The molecule has 1 unspecified atom stereocenters. The van der Waals surface area contributed by atoms with Crippen LogP contribution < -0.4 is 5.32 Å². The third-order valence-electron chi connectivity index (χ3n) is 3.38. The van der Waals surface area contributed by atoms with Gasteiger partial charge in [-0.25, -0.2) is 13.8 Å². The smallest absolute Gasteiger partial charge is 0.289 e. The predicted octanol–water partition coefficient (Wildman–Crippen LogP) is 1.28. The maximum atomic E-state index is 13.1. The van der Waals surface area contributed by atoms with Crippen molar-refractivity contribution in [2.24, 2.45) is 0 Å². The molecular weight excluding hydrogens is 266 g/mol. The lowest BCUT2D eigenvalue weighted by Gasteiger charge is -2.31. The Morgan fingerprint density at radius 3 is 2.90 bits per heavy atom. The molecule has 0 radical (unpaired) electrons. The van der Waals surface area contributed by atoms with E-state index in [0.717, 1.165) is 18.7 Å². The van der Waals surface area contributed by atoms with Crippen molar-refractivity contribution < 1.29 is 13.6 Å². The molecule has 0 saturated carbocycles. The number of nitrogens with zero attached hydrogens (tertiary/aromatic N) is 2.